The second kappa shape index (κ2) is 6.79. The zero-order valence-electron chi connectivity index (χ0n) is 16.5. The van der Waals surface area contributed by atoms with E-state index < -0.39 is 0 Å². The van der Waals surface area contributed by atoms with E-state index in [-0.39, 0.29) is 11.3 Å². The molecular weight excluding hydrogens is 354 g/mol. The van der Waals surface area contributed by atoms with E-state index in [0.29, 0.717) is 6.04 Å². The van der Waals surface area contributed by atoms with Gasteiger partial charge in [0.2, 0.25) is 5.91 Å². The minimum atomic E-state index is -0.319. The molecule has 1 aliphatic carbocycles. The lowest BCUT2D eigenvalue weighted by molar-refractivity contribution is -0.140. The quantitative estimate of drug-likeness (QED) is 0.627. The van der Waals surface area contributed by atoms with Gasteiger partial charge in [0.25, 0.3) is 0 Å². The molecule has 1 saturated carbocycles. The van der Waals surface area contributed by atoms with Gasteiger partial charge in [-0.2, -0.15) is 0 Å². The van der Waals surface area contributed by atoms with Crippen LogP contribution < -0.4 is 0 Å². The lowest BCUT2D eigenvalue weighted by Gasteiger charge is -2.29. The van der Waals surface area contributed by atoms with Gasteiger partial charge in [0.1, 0.15) is 0 Å². The van der Waals surface area contributed by atoms with Gasteiger partial charge in [-0.3, -0.25) is 9.20 Å². The average molecular weight is 382 g/mol. The highest BCUT2D eigenvalue weighted by atomic mass is 32.1. The molecule has 0 aliphatic heterocycles. The third kappa shape index (κ3) is 3.79. The van der Waals surface area contributed by atoms with E-state index >= 15 is 0 Å². The molecule has 0 atom stereocenters. The van der Waals surface area contributed by atoms with Gasteiger partial charge in [-0.1, -0.05) is 50.6 Å². The van der Waals surface area contributed by atoms with Crippen LogP contribution in [0.5, 0.6) is 0 Å². The fraction of sp³-hybridized carbons (Fsp3) is 0.455. The lowest BCUT2D eigenvalue weighted by Crippen LogP contribution is -2.42. The van der Waals surface area contributed by atoms with Crippen LogP contribution in [-0.2, 0) is 11.2 Å². The number of benzene rings is 1. The highest BCUT2D eigenvalue weighted by Gasteiger charge is 2.37. The molecule has 1 aromatic carbocycles. The van der Waals surface area contributed by atoms with Crippen LogP contribution in [0, 0.1) is 12.3 Å². The van der Waals surface area contributed by atoms with Crippen molar-refractivity contribution in [2.45, 2.75) is 53.0 Å². The molecule has 0 spiro atoms. The van der Waals surface area contributed by atoms with Gasteiger partial charge in [-0.05, 0) is 19.8 Å². The van der Waals surface area contributed by atoms with E-state index in [1.165, 1.54) is 11.3 Å². The Morgan fingerprint density at radius 2 is 1.96 bits per heavy atom. The standard InChI is InChI=1S/C22H27N3OS/c1-15-5-7-16(8-6-15)19-13-25-18(14-27-21(25)23-19)11-12-24(17-9-10-17)20(26)22(2,3)4/h5-8,13-14,17H,9-12H2,1-4H3. The number of carbonyl (C=O) groups excluding carboxylic acids is 1. The number of rotatable bonds is 5. The maximum Gasteiger partial charge on any atom is 0.228 e. The number of aromatic nitrogens is 2. The summed E-state index contributed by atoms with van der Waals surface area (Å²) in [5.41, 5.74) is 4.32. The minimum Gasteiger partial charge on any atom is -0.339 e. The Labute approximate surface area is 164 Å². The average Bonchev–Trinajstić information content (AvgIpc) is 3.25. The second-order valence-electron chi connectivity index (χ2n) is 8.60. The van der Waals surface area contributed by atoms with E-state index in [9.17, 15) is 4.79 Å². The second-order valence-corrected chi connectivity index (χ2v) is 9.44. The van der Waals surface area contributed by atoms with E-state index in [1.807, 2.05) is 20.8 Å². The topological polar surface area (TPSA) is 37.6 Å². The van der Waals surface area contributed by atoms with Crippen LogP contribution in [0.2, 0.25) is 0 Å². The maximum absolute atomic E-state index is 12.8. The first kappa shape index (κ1) is 18.2. The molecule has 2 heterocycles. The van der Waals surface area contributed by atoms with E-state index in [0.717, 1.165) is 42.0 Å². The Balaban J connectivity index is 1.53. The highest BCUT2D eigenvalue weighted by molar-refractivity contribution is 7.15. The summed E-state index contributed by atoms with van der Waals surface area (Å²) in [5.74, 6) is 0.266. The van der Waals surface area contributed by atoms with Gasteiger partial charge in [-0.15, -0.1) is 11.3 Å². The van der Waals surface area contributed by atoms with Crippen LogP contribution in [0.3, 0.4) is 0 Å². The molecule has 5 heteroatoms. The van der Waals surface area contributed by atoms with Gasteiger partial charge in [0, 0.05) is 47.3 Å². The number of imidazole rings is 1. The zero-order chi connectivity index (χ0) is 19.2. The number of aryl methyl sites for hydroxylation is 1. The molecule has 142 valence electrons. The number of hydrogen-bond donors (Lipinski definition) is 0. The summed E-state index contributed by atoms with van der Waals surface area (Å²) in [4.78, 5) is 20.7. The monoisotopic (exact) mass is 381 g/mol. The Morgan fingerprint density at radius 3 is 2.59 bits per heavy atom. The van der Waals surface area contributed by atoms with E-state index in [1.54, 1.807) is 11.3 Å². The van der Waals surface area contributed by atoms with E-state index in [4.69, 9.17) is 4.98 Å². The first-order valence-corrected chi connectivity index (χ1v) is 10.5. The Kier molecular flexibility index (Phi) is 4.58. The molecule has 0 N–H and O–H groups in total. The largest absolute Gasteiger partial charge is 0.339 e. The fourth-order valence-corrected chi connectivity index (χ4v) is 4.28. The van der Waals surface area contributed by atoms with Crippen LogP contribution >= 0.6 is 11.3 Å². The van der Waals surface area contributed by atoms with Crippen molar-refractivity contribution in [3.05, 3.63) is 47.1 Å². The summed E-state index contributed by atoms with van der Waals surface area (Å²) in [7, 11) is 0. The predicted octanol–water partition coefficient (Wildman–Crippen LogP) is 4.95. The molecule has 1 aliphatic rings. The van der Waals surface area contributed by atoms with Crippen molar-refractivity contribution in [1.29, 1.82) is 0 Å². The number of carbonyl (C=O) groups is 1. The molecule has 3 aromatic rings. The molecule has 0 unspecified atom stereocenters. The molecule has 1 fully saturated rings. The summed E-state index contributed by atoms with van der Waals surface area (Å²) in [5, 5.41) is 2.17. The Bertz CT molecular complexity index is 958. The molecule has 4 rings (SSSR count). The van der Waals surface area contributed by atoms with Gasteiger partial charge in [0.15, 0.2) is 4.96 Å². The number of thiazole rings is 1. The summed E-state index contributed by atoms with van der Waals surface area (Å²) < 4.78 is 2.19. The number of fused-ring (bicyclic) bond motifs is 1. The number of amides is 1. The number of hydrogen-bond acceptors (Lipinski definition) is 3. The summed E-state index contributed by atoms with van der Waals surface area (Å²) in [6.45, 7) is 8.91. The molecule has 2 aromatic heterocycles. The molecule has 0 bridgehead atoms. The molecular formula is C22H27N3OS. The van der Waals surface area contributed by atoms with Crippen LogP contribution in [0.4, 0.5) is 0 Å². The predicted molar refractivity (Wildman–Crippen MR) is 111 cm³/mol. The minimum absolute atomic E-state index is 0.266. The normalized spacial score (nSPS) is 14.7. The summed E-state index contributed by atoms with van der Waals surface area (Å²) in [6.07, 6.45) is 5.27. The van der Waals surface area contributed by atoms with Gasteiger partial charge >= 0.3 is 0 Å². The van der Waals surface area contributed by atoms with Crippen molar-refractivity contribution in [2.75, 3.05) is 6.54 Å². The fourth-order valence-electron chi connectivity index (χ4n) is 3.37. The van der Waals surface area contributed by atoms with Gasteiger partial charge in [0.05, 0.1) is 5.69 Å². The van der Waals surface area contributed by atoms with Crippen LogP contribution in [-0.4, -0.2) is 32.8 Å². The van der Waals surface area contributed by atoms with Crippen LogP contribution in [0.25, 0.3) is 16.2 Å². The maximum atomic E-state index is 12.8. The Hall–Kier alpha value is -2.14. The Morgan fingerprint density at radius 1 is 1.26 bits per heavy atom. The van der Waals surface area contributed by atoms with Gasteiger partial charge < -0.3 is 4.90 Å². The first-order chi connectivity index (χ1) is 12.8. The first-order valence-electron chi connectivity index (χ1n) is 9.66. The molecule has 4 nitrogen and oxygen atoms in total. The van der Waals surface area contributed by atoms with Crippen molar-refractivity contribution < 1.29 is 4.79 Å². The number of nitrogens with zero attached hydrogens (tertiary/aromatic N) is 3. The lowest BCUT2D eigenvalue weighted by atomic mass is 9.94. The summed E-state index contributed by atoms with van der Waals surface area (Å²) in [6, 6.07) is 8.93. The van der Waals surface area contributed by atoms with Crippen molar-refractivity contribution in [2.24, 2.45) is 5.41 Å². The highest BCUT2D eigenvalue weighted by Crippen LogP contribution is 2.31. The molecule has 0 radical (unpaired) electrons. The van der Waals surface area contributed by atoms with Crippen molar-refractivity contribution in [3.8, 4) is 11.3 Å². The third-order valence-electron chi connectivity index (χ3n) is 5.13. The zero-order valence-corrected chi connectivity index (χ0v) is 17.3. The smallest absolute Gasteiger partial charge is 0.228 e. The molecule has 27 heavy (non-hydrogen) atoms. The molecule has 1 amide bonds. The third-order valence-corrected chi connectivity index (χ3v) is 6.02. The van der Waals surface area contributed by atoms with Crippen LogP contribution in [0.1, 0.15) is 44.9 Å². The van der Waals surface area contributed by atoms with Crippen molar-refractivity contribution >= 4 is 22.2 Å². The van der Waals surface area contributed by atoms with Crippen molar-refractivity contribution in [1.82, 2.24) is 14.3 Å². The molecule has 0 saturated heterocycles. The van der Waals surface area contributed by atoms with Crippen molar-refractivity contribution in [3.63, 3.8) is 0 Å². The SMILES string of the molecule is Cc1ccc(-c2cn3c(CCN(C(=O)C(C)(C)C)C4CC4)csc3n2)cc1. The van der Waals surface area contributed by atoms with Gasteiger partial charge in [-0.25, -0.2) is 4.98 Å². The van der Waals surface area contributed by atoms with E-state index in [2.05, 4.69) is 52.1 Å². The van der Waals surface area contributed by atoms with Crippen LogP contribution in [0.15, 0.2) is 35.8 Å². The summed E-state index contributed by atoms with van der Waals surface area (Å²) >= 11 is 1.67.